The van der Waals surface area contributed by atoms with Crippen LogP contribution in [0.4, 0.5) is 14.5 Å². The molecule has 1 aliphatic heterocycles. The maximum Gasteiger partial charge on any atom is 0.387 e. The number of carbonyl (C=O) groups excluding carboxylic acids is 1. The van der Waals surface area contributed by atoms with Crippen LogP contribution in [0.5, 0.6) is 5.75 Å². The Labute approximate surface area is 137 Å². The Balaban J connectivity index is 2.42. The predicted molar refractivity (Wildman–Crippen MR) is 82.3 cm³/mol. The Morgan fingerprint density at radius 1 is 1.33 bits per heavy atom. The second-order valence-electron chi connectivity index (χ2n) is 5.95. The zero-order chi connectivity index (χ0) is 18.0. The molecule has 7 nitrogen and oxygen atoms in total. The molecule has 0 N–H and O–H groups in total. The summed E-state index contributed by atoms with van der Waals surface area (Å²) in [6.45, 7) is 1.80. The van der Waals surface area contributed by atoms with Gasteiger partial charge in [-0.15, -0.1) is 0 Å². The number of carbonyl (C=O) groups is 1. The number of hydrogen-bond donors (Lipinski definition) is 0. The lowest BCUT2D eigenvalue weighted by atomic mass is 10.0. The van der Waals surface area contributed by atoms with Gasteiger partial charge >= 0.3 is 6.61 Å². The van der Waals surface area contributed by atoms with E-state index in [2.05, 4.69) is 9.64 Å². The summed E-state index contributed by atoms with van der Waals surface area (Å²) in [5.41, 5.74) is -0.581. The average molecular weight is 343 g/mol. The molecule has 0 aromatic heterocycles. The van der Waals surface area contributed by atoms with Gasteiger partial charge in [0.1, 0.15) is 5.75 Å². The van der Waals surface area contributed by atoms with Crippen LogP contribution in [0, 0.1) is 10.1 Å². The van der Waals surface area contributed by atoms with Crippen molar-refractivity contribution in [3.05, 3.63) is 33.9 Å². The first-order valence-electron chi connectivity index (χ1n) is 7.45. The Morgan fingerprint density at radius 3 is 2.42 bits per heavy atom. The molecule has 0 aliphatic carbocycles. The third kappa shape index (κ3) is 3.78. The van der Waals surface area contributed by atoms with Crippen molar-refractivity contribution >= 4 is 11.6 Å². The van der Waals surface area contributed by atoms with Gasteiger partial charge in [0.25, 0.3) is 11.6 Å². The van der Waals surface area contributed by atoms with E-state index < -0.39 is 17.4 Å². The molecule has 0 radical (unpaired) electrons. The molecule has 0 bridgehead atoms. The summed E-state index contributed by atoms with van der Waals surface area (Å²) >= 11 is 0. The summed E-state index contributed by atoms with van der Waals surface area (Å²) in [6, 6.07) is 2.72. The lowest BCUT2D eigenvalue weighted by Gasteiger charge is -2.43. The highest BCUT2D eigenvalue weighted by Gasteiger charge is 2.34. The highest BCUT2D eigenvalue weighted by molar-refractivity contribution is 5.98. The van der Waals surface area contributed by atoms with E-state index in [1.54, 1.807) is 4.90 Å². The summed E-state index contributed by atoms with van der Waals surface area (Å²) < 4.78 is 29.5. The molecule has 0 spiro atoms. The van der Waals surface area contributed by atoms with E-state index in [1.807, 2.05) is 20.9 Å². The van der Waals surface area contributed by atoms with Gasteiger partial charge in [-0.2, -0.15) is 8.78 Å². The predicted octanol–water partition coefficient (Wildman–Crippen LogP) is 2.36. The maximum atomic E-state index is 12.9. The molecule has 24 heavy (non-hydrogen) atoms. The SMILES string of the molecule is C[C@@H]1CN(C)C[C@@H](C)N1C(=O)c1cc([N+](=O)[O-])ccc1OC(F)F. The van der Waals surface area contributed by atoms with Crippen molar-refractivity contribution in [1.29, 1.82) is 0 Å². The fourth-order valence-corrected chi connectivity index (χ4v) is 3.12. The maximum absolute atomic E-state index is 12.9. The van der Waals surface area contributed by atoms with Gasteiger partial charge in [-0.3, -0.25) is 14.9 Å². The number of non-ortho nitro benzene ring substituents is 1. The van der Waals surface area contributed by atoms with E-state index in [1.165, 1.54) is 0 Å². The van der Waals surface area contributed by atoms with E-state index in [9.17, 15) is 23.7 Å². The molecule has 1 aromatic rings. The van der Waals surface area contributed by atoms with Gasteiger partial charge in [0.05, 0.1) is 10.5 Å². The molecular formula is C15H19F2N3O4. The van der Waals surface area contributed by atoms with Crippen LogP contribution < -0.4 is 4.74 Å². The van der Waals surface area contributed by atoms with Crippen LogP contribution in [-0.2, 0) is 0 Å². The van der Waals surface area contributed by atoms with Gasteiger partial charge in [0.2, 0.25) is 0 Å². The smallest absolute Gasteiger partial charge is 0.387 e. The van der Waals surface area contributed by atoms with Crippen LogP contribution in [0.3, 0.4) is 0 Å². The van der Waals surface area contributed by atoms with E-state index in [4.69, 9.17) is 0 Å². The summed E-state index contributed by atoms with van der Waals surface area (Å²) in [4.78, 5) is 26.7. The van der Waals surface area contributed by atoms with E-state index in [0.29, 0.717) is 13.1 Å². The first kappa shape index (κ1) is 18.1. The van der Waals surface area contributed by atoms with Crippen LogP contribution in [0.2, 0.25) is 0 Å². The van der Waals surface area contributed by atoms with Crippen molar-refractivity contribution in [2.75, 3.05) is 20.1 Å². The number of piperazine rings is 1. The standard InChI is InChI=1S/C15H19F2N3O4/c1-9-7-18(3)8-10(2)19(9)14(21)12-6-11(20(22)23)4-5-13(12)24-15(16)17/h4-6,9-10,15H,7-8H2,1-3H3/t9-,10-/m1/s1. The molecule has 9 heteroatoms. The largest absolute Gasteiger partial charge is 0.434 e. The summed E-state index contributed by atoms with van der Waals surface area (Å²) in [7, 11) is 1.92. The zero-order valence-corrected chi connectivity index (χ0v) is 13.6. The van der Waals surface area contributed by atoms with Crippen LogP contribution in [0.1, 0.15) is 24.2 Å². The van der Waals surface area contributed by atoms with E-state index in [0.717, 1.165) is 18.2 Å². The van der Waals surface area contributed by atoms with Crippen LogP contribution in [0.25, 0.3) is 0 Å². The van der Waals surface area contributed by atoms with Crippen molar-refractivity contribution in [3.63, 3.8) is 0 Å². The molecule has 1 aliphatic rings. The van der Waals surface area contributed by atoms with Gasteiger partial charge in [-0.1, -0.05) is 0 Å². The molecule has 1 heterocycles. The molecule has 1 amide bonds. The normalized spacial score (nSPS) is 21.8. The molecule has 2 rings (SSSR count). The third-order valence-corrected chi connectivity index (χ3v) is 3.96. The van der Waals surface area contributed by atoms with Crippen molar-refractivity contribution in [3.8, 4) is 5.75 Å². The van der Waals surface area contributed by atoms with E-state index >= 15 is 0 Å². The number of benzene rings is 1. The number of likely N-dealkylation sites (N-methyl/N-ethyl adjacent to an activating group) is 1. The average Bonchev–Trinajstić information content (AvgIpc) is 2.45. The Kier molecular flexibility index (Phi) is 5.33. The molecule has 2 atom stereocenters. The number of nitro groups is 1. The minimum Gasteiger partial charge on any atom is -0.434 e. The monoisotopic (exact) mass is 343 g/mol. The number of nitro benzene ring substituents is 1. The zero-order valence-electron chi connectivity index (χ0n) is 13.6. The quantitative estimate of drug-likeness (QED) is 0.620. The Hall–Kier alpha value is -2.29. The molecule has 1 saturated heterocycles. The lowest BCUT2D eigenvalue weighted by molar-refractivity contribution is -0.384. The third-order valence-electron chi connectivity index (χ3n) is 3.96. The molecule has 132 valence electrons. The minimum absolute atomic E-state index is 0.162. The Bertz CT molecular complexity index is 629. The van der Waals surface area contributed by atoms with Crippen LogP contribution >= 0.6 is 0 Å². The molecule has 0 saturated carbocycles. The lowest BCUT2D eigenvalue weighted by Crippen LogP contribution is -2.57. The summed E-state index contributed by atoms with van der Waals surface area (Å²) in [5, 5.41) is 10.9. The fourth-order valence-electron chi connectivity index (χ4n) is 3.12. The summed E-state index contributed by atoms with van der Waals surface area (Å²) in [6.07, 6.45) is 0. The number of ether oxygens (including phenoxy) is 1. The van der Waals surface area contributed by atoms with E-state index in [-0.39, 0.29) is 29.1 Å². The highest BCUT2D eigenvalue weighted by atomic mass is 19.3. The molecule has 1 fully saturated rings. The van der Waals surface area contributed by atoms with Crippen molar-refractivity contribution in [2.45, 2.75) is 32.5 Å². The van der Waals surface area contributed by atoms with Crippen LogP contribution in [0.15, 0.2) is 18.2 Å². The number of rotatable bonds is 4. The number of nitrogens with zero attached hydrogens (tertiary/aromatic N) is 3. The fraction of sp³-hybridized carbons (Fsp3) is 0.533. The number of amides is 1. The van der Waals surface area contributed by atoms with Crippen LogP contribution in [-0.4, -0.2) is 59.5 Å². The number of alkyl halides is 2. The summed E-state index contributed by atoms with van der Waals surface area (Å²) in [5.74, 6) is -0.915. The minimum atomic E-state index is -3.12. The molecular weight excluding hydrogens is 324 g/mol. The van der Waals surface area contributed by atoms with Gasteiger partial charge in [0, 0.05) is 37.3 Å². The number of halogens is 2. The second kappa shape index (κ2) is 7.08. The van der Waals surface area contributed by atoms with Gasteiger partial charge in [-0.05, 0) is 27.0 Å². The van der Waals surface area contributed by atoms with Gasteiger partial charge in [0.15, 0.2) is 0 Å². The number of hydrogen-bond acceptors (Lipinski definition) is 5. The second-order valence-corrected chi connectivity index (χ2v) is 5.95. The molecule has 1 aromatic carbocycles. The molecule has 0 unspecified atom stereocenters. The van der Waals surface area contributed by atoms with Crippen molar-refractivity contribution < 1.29 is 23.2 Å². The van der Waals surface area contributed by atoms with Gasteiger partial charge in [-0.25, -0.2) is 0 Å². The van der Waals surface area contributed by atoms with Crippen molar-refractivity contribution in [1.82, 2.24) is 9.80 Å². The topological polar surface area (TPSA) is 75.9 Å². The Morgan fingerprint density at radius 2 is 1.92 bits per heavy atom. The first-order chi connectivity index (χ1) is 11.2. The highest BCUT2D eigenvalue weighted by Crippen LogP contribution is 2.29. The van der Waals surface area contributed by atoms with Crippen molar-refractivity contribution in [2.24, 2.45) is 0 Å². The van der Waals surface area contributed by atoms with Gasteiger partial charge < -0.3 is 14.5 Å². The first-order valence-corrected chi connectivity index (χ1v) is 7.45.